The molecular weight excluding hydrogens is 537 g/mol. The molecule has 0 unspecified atom stereocenters. The van der Waals surface area contributed by atoms with E-state index in [1.54, 1.807) is 7.11 Å². The van der Waals surface area contributed by atoms with Crippen molar-refractivity contribution in [1.29, 1.82) is 0 Å². The number of hydrogen-bond donors (Lipinski definition) is 1. The van der Waals surface area contributed by atoms with Gasteiger partial charge in [-0.05, 0) is 37.6 Å². The Labute approximate surface area is 272 Å². The molecule has 3 rings (SSSR count). The van der Waals surface area contributed by atoms with E-state index in [0.29, 0.717) is 22.3 Å². The maximum absolute atomic E-state index is 9.78. The first kappa shape index (κ1) is 39.7. The van der Waals surface area contributed by atoms with Crippen LogP contribution in [0.25, 0.3) is 0 Å². The van der Waals surface area contributed by atoms with Gasteiger partial charge in [0.05, 0.1) is 24.9 Å². The summed E-state index contributed by atoms with van der Waals surface area (Å²) < 4.78 is 11.2. The number of ether oxygens (including phenoxy) is 2. The van der Waals surface area contributed by atoms with Crippen LogP contribution in [-0.2, 0) is 9.59 Å². The van der Waals surface area contributed by atoms with Crippen LogP contribution >= 0.6 is 23.2 Å². The predicted molar refractivity (Wildman–Crippen MR) is 155 cm³/mol. The normalized spacial score (nSPS) is 10.4. The van der Waals surface area contributed by atoms with E-state index < -0.39 is 0 Å². The molecule has 1 amide bonds. The van der Waals surface area contributed by atoms with Crippen molar-refractivity contribution in [1.82, 2.24) is 5.32 Å². The maximum Gasteiger partial charge on any atom is 1.00 e. The molecule has 40 heavy (non-hydrogen) atoms. The zero-order valence-corrected chi connectivity index (χ0v) is 25.1. The van der Waals surface area contributed by atoms with Crippen molar-refractivity contribution in [2.75, 3.05) is 13.7 Å². The van der Waals surface area contributed by atoms with Gasteiger partial charge in [0.15, 0.2) is 0 Å². The molecule has 0 radical (unpaired) electrons. The number of benzene rings is 3. The van der Waals surface area contributed by atoms with Crippen LogP contribution < -0.4 is 52.5 Å². The Morgan fingerprint density at radius 2 is 1.57 bits per heavy atom. The van der Waals surface area contributed by atoms with E-state index in [-0.39, 0.29) is 55.8 Å². The molecule has 1 N–H and O–H groups in total. The van der Waals surface area contributed by atoms with Gasteiger partial charge in [-0.3, -0.25) is 6.79 Å². The van der Waals surface area contributed by atoms with E-state index in [0.717, 1.165) is 22.4 Å². The van der Waals surface area contributed by atoms with Crippen LogP contribution in [-0.4, -0.2) is 38.7 Å². The van der Waals surface area contributed by atoms with Gasteiger partial charge >= 0.3 is 37.7 Å². The predicted octanol–water partition coefficient (Wildman–Crippen LogP) is 0.584. The van der Waals surface area contributed by atoms with Gasteiger partial charge in [-0.2, -0.15) is 30.2 Å². The van der Waals surface area contributed by atoms with E-state index in [4.69, 9.17) is 42.5 Å². The second kappa shape index (κ2) is 22.3. The topological polar surface area (TPSA) is 77.0 Å². The summed E-state index contributed by atoms with van der Waals surface area (Å²) >= 11 is 12.1. The summed E-state index contributed by atoms with van der Waals surface area (Å²) in [5.41, 5.74) is 2.77. The standard InChI is InChI=1S/C25H23Cl2NO2.C4H7NO.CHO.2Li/c1-17(2)30-25-15-23(29-3)13-8-20(25)16-28-24(19-6-11-22(27)12-7-19)14-18-4-9-21(26)10-5-18;1-3-5-4(2)6;1-2;;/h4-15,17,24H,1-3H3;1-3H2,(H,5,6);1H;;/q2*-2;-1;2*+1/t24-;;;;/m1..../s1. The molecule has 0 saturated heterocycles. The minimum atomic E-state index is -0.273. The third-order valence-electron chi connectivity index (χ3n) is 4.63. The summed E-state index contributed by atoms with van der Waals surface area (Å²) in [5.74, 6) is 1.12. The monoisotopic (exact) mass is 567 g/mol. The average Bonchev–Trinajstić information content (AvgIpc) is 2.90. The number of methoxy groups -OCH3 is 1. The van der Waals surface area contributed by atoms with E-state index in [2.05, 4.69) is 38.6 Å². The Morgan fingerprint density at radius 3 is 2.02 bits per heavy atom. The van der Waals surface area contributed by atoms with E-state index in [1.165, 1.54) is 0 Å². The number of carbonyl (C=O) groups is 1. The van der Waals surface area contributed by atoms with Crippen molar-refractivity contribution in [2.24, 2.45) is 4.99 Å². The second-order valence-corrected chi connectivity index (χ2v) is 8.71. The Bertz CT molecular complexity index is 1150. The molecule has 1 atom stereocenters. The van der Waals surface area contributed by atoms with Gasteiger partial charge in [0.2, 0.25) is 0 Å². The van der Waals surface area contributed by atoms with Crippen LogP contribution in [0.15, 0.2) is 71.7 Å². The minimum Gasteiger partial charge on any atom is -0.548 e. The molecule has 3 aromatic carbocycles. The van der Waals surface area contributed by atoms with Gasteiger partial charge in [0, 0.05) is 21.8 Å². The fourth-order valence-electron chi connectivity index (χ4n) is 2.98. The third-order valence-corrected chi connectivity index (χ3v) is 5.13. The smallest absolute Gasteiger partial charge is 0.548 e. The molecule has 3 aromatic rings. The zero-order valence-electron chi connectivity index (χ0n) is 23.6. The van der Waals surface area contributed by atoms with Crippen molar-refractivity contribution in [3.63, 3.8) is 0 Å². The van der Waals surface area contributed by atoms with Crippen LogP contribution in [0.5, 0.6) is 11.5 Å². The molecule has 0 aliphatic heterocycles. The van der Waals surface area contributed by atoms with Crippen LogP contribution in [0.2, 0.25) is 10.0 Å². The second-order valence-electron chi connectivity index (χ2n) is 7.83. The number of halogens is 2. The van der Waals surface area contributed by atoms with Gasteiger partial charge in [-0.25, -0.2) is 0 Å². The zero-order chi connectivity index (χ0) is 28.5. The van der Waals surface area contributed by atoms with Gasteiger partial charge in [-0.1, -0.05) is 59.7 Å². The average molecular weight is 568 g/mol. The van der Waals surface area contributed by atoms with Crippen LogP contribution in [0.1, 0.15) is 36.6 Å². The van der Waals surface area contributed by atoms with Gasteiger partial charge in [0.25, 0.3) is 0 Å². The molecule has 0 saturated carbocycles. The minimum absolute atomic E-state index is 0. The number of nitrogens with zero attached hydrogens (tertiary/aromatic N) is 1. The largest absolute Gasteiger partial charge is 1.00 e. The molecule has 0 spiro atoms. The van der Waals surface area contributed by atoms with Crippen LogP contribution in [0, 0.1) is 20.3 Å². The number of hydrogen-bond acceptors (Lipinski definition) is 5. The van der Waals surface area contributed by atoms with Crippen LogP contribution in [0.3, 0.4) is 0 Å². The first-order valence-electron chi connectivity index (χ1n) is 11.5. The maximum atomic E-state index is 9.78. The SMILES string of the molecule is COc1ccc([C-]=N[C@H]([CH-]c2ccc(Cl)cc2)c2ccc(Cl)cc2)c(OC(C)C)c1.[CH-]=O.[CH2-]CNC([CH2-])=O.[Li+].[Li+]. The van der Waals surface area contributed by atoms with Crippen molar-refractivity contribution in [2.45, 2.75) is 26.0 Å². The summed E-state index contributed by atoms with van der Waals surface area (Å²) in [7, 11) is 1.63. The van der Waals surface area contributed by atoms with Crippen molar-refractivity contribution < 1.29 is 56.8 Å². The fraction of sp³-hybridized carbons (Fsp3) is 0.200. The van der Waals surface area contributed by atoms with Crippen molar-refractivity contribution in [3.05, 3.63) is 114 Å². The Morgan fingerprint density at radius 1 is 1.02 bits per heavy atom. The number of rotatable bonds is 9. The molecular formula is C30H31Cl2Li2N2O4-3. The Hall–Kier alpha value is -2.42. The summed E-state index contributed by atoms with van der Waals surface area (Å²) in [6.07, 6.45) is 5.24. The fourth-order valence-corrected chi connectivity index (χ4v) is 3.23. The molecule has 204 valence electrons. The summed E-state index contributed by atoms with van der Waals surface area (Å²) in [4.78, 5) is 22.3. The molecule has 0 fully saturated rings. The first-order valence-corrected chi connectivity index (χ1v) is 12.3. The van der Waals surface area contributed by atoms with Gasteiger partial charge in [0.1, 0.15) is 0 Å². The molecule has 0 aromatic heterocycles. The van der Waals surface area contributed by atoms with Gasteiger partial charge in [-0.15, -0.1) is 12.1 Å². The van der Waals surface area contributed by atoms with E-state index in [9.17, 15) is 4.79 Å². The quantitative estimate of drug-likeness (QED) is 0.178. The van der Waals surface area contributed by atoms with E-state index in [1.807, 2.05) is 80.6 Å². The third kappa shape index (κ3) is 15.4. The van der Waals surface area contributed by atoms with Crippen LogP contribution in [0.4, 0.5) is 0 Å². The molecule has 0 bridgehead atoms. The molecule has 0 heterocycles. The number of carbonyl (C=O) groups excluding carboxylic acids is 2. The van der Waals surface area contributed by atoms with Gasteiger partial charge < -0.3 is 43.2 Å². The Kier molecular flexibility index (Phi) is 22.1. The molecule has 0 aliphatic carbocycles. The molecule has 6 nitrogen and oxygen atoms in total. The van der Waals surface area contributed by atoms with Crippen molar-refractivity contribution in [3.8, 4) is 11.5 Å². The summed E-state index contributed by atoms with van der Waals surface area (Å²) in [5, 5.41) is 3.72. The number of nitrogens with one attached hydrogen (secondary N) is 1. The Balaban J connectivity index is 0. The molecule has 10 heteroatoms. The summed E-state index contributed by atoms with van der Waals surface area (Å²) in [6, 6.07) is 20.6. The number of aliphatic imine (C=N–C) groups is 1. The summed E-state index contributed by atoms with van der Waals surface area (Å²) in [6.45, 7) is 14.0. The number of amides is 1. The first-order chi connectivity index (χ1) is 18.2. The molecule has 0 aliphatic rings. The van der Waals surface area contributed by atoms with Crippen molar-refractivity contribution >= 4 is 42.1 Å². The van der Waals surface area contributed by atoms with E-state index >= 15 is 0 Å².